The van der Waals surface area contributed by atoms with Crippen molar-refractivity contribution in [2.24, 2.45) is 0 Å². The van der Waals surface area contributed by atoms with E-state index in [1.54, 1.807) is 7.11 Å². The Kier molecular flexibility index (Phi) is 7.42. The molecule has 29 heavy (non-hydrogen) atoms. The van der Waals surface area contributed by atoms with E-state index >= 15 is 0 Å². The van der Waals surface area contributed by atoms with Crippen LogP contribution in [0.15, 0.2) is 84.9 Å². The Hall–Kier alpha value is -3.11. The third-order valence-electron chi connectivity index (χ3n) is 5.11. The molecule has 3 aromatic rings. The van der Waals surface area contributed by atoms with Crippen LogP contribution in [0.5, 0.6) is 5.75 Å². The van der Waals surface area contributed by atoms with Crippen LogP contribution in [0.4, 0.5) is 0 Å². The highest BCUT2D eigenvalue weighted by Crippen LogP contribution is 2.19. The number of rotatable bonds is 9. The van der Waals surface area contributed by atoms with Crippen LogP contribution in [0, 0.1) is 0 Å². The quantitative estimate of drug-likeness (QED) is 0.591. The van der Waals surface area contributed by atoms with Gasteiger partial charge in [-0.1, -0.05) is 78.9 Å². The number of para-hydroxylation sites is 1. The number of nitrogens with one attached hydrogen (secondary N) is 2. The lowest BCUT2D eigenvalue weighted by atomic mass is 9.97. The second kappa shape index (κ2) is 10.4. The smallest absolute Gasteiger partial charge is 0.275 e. The SMILES string of the molecule is COc1ccccc1CCNC(=O)C[NH+](C)C(c1ccccc1)c1ccccc1. The summed E-state index contributed by atoms with van der Waals surface area (Å²) in [5, 5.41) is 3.06. The van der Waals surface area contributed by atoms with Crippen molar-refractivity contribution in [1.29, 1.82) is 0 Å². The monoisotopic (exact) mass is 389 g/mol. The number of carbonyl (C=O) groups excluding carboxylic acids is 1. The first-order valence-corrected chi connectivity index (χ1v) is 10.00. The summed E-state index contributed by atoms with van der Waals surface area (Å²) in [6.07, 6.45) is 0.746. The van der Waals surface area contributed by atoms with Crippen LogP contribution >= 0.6 is 0 Å². The second-order valence-corrected chi connectivity index (χ2v) is 7.19. The molecule has 1 amide bonds. The van der Waals surface area contributed by atoms with Crippen molar-refractivity contribution < 1.29 is 14.4 Å². The van der Waals surface area contributed by atoms with E-state index in [9.17, 15) is 4.79 Å². The summed E-state index contributed by atoms with van der Waals surface area (Å²) < 4.78 is 5.38. The molecule has 4 heteroatoms. The predicted octanol–water partition coefficient (Wildman–Crippen LogP) is 2.66. The maximum absolute atomic E-state index is 12.6. The van der Waals surface area contributed by atoms with E-state index in [0.717, 1.165) is 22.6 Å². The Morgan fingerprint density at radius 2 is 1.45 bits per heavy atom. The Balaban J connectivity index is 1.62. The van der Waals surface area contributed by atoms with E-state index in [4.69, 9.17) is 4.74 Å². The molecule has 4 nitrogen and oxygen atoms in total. The summed E-state index contributed by atoms with van der Waals surface area (Å²) in [5.74, 6) is 0.909. The van der Waals surface area contributed by atoms with E-state index in [1.807, 2.05) is 60.7 Å². The van der Waals surface area contributed by atoms with Gasteiger partial charge >= 0.3 is 0 Å². The molecule has 0 saturated carbocycles. The maximum atomic E-state index is 12.6. The molecule has 1 unspecified atom stereocenters. The van der Waals surface area contributed by atoms with Crippen molar-refractivity contribution in [2.75, 3.05) is 27.2 Å². The van der Waals surface area contributed by atoms with Gasteiger partial charge in [-0.25, -0.2) is 0 Å². The second-order valence-electron chi connectivity index (χ2n) is 7.19. The minimum Gasteiger partial charge on any atom is -0.496 e. The lowest BCUT2D eigenvalue weighted by Gasteiger charge is -2.25. The third-order valence-corrected chi connectivity index (χ3v) is 5.11. The van der Waals surface area contributed by atoms with E-state index < -0.39 is 0 Å². The Morgan fingerprint density at radius 3 is 2.03 bits per heavy atom. The molecular formula is C25H29N2O2+. The lowest BCUT2D eigenvalue weighted by molar-refractivity contribution is -0.898. The fraction of sp³-hybridized carbons (Fsp3) is 0.240. The molecule has 0 saturated heterocycles. The summed E-state index contributed by atoms with van der Waals surface area (Å²) in [4.78, 5) is 13.7. The van der Waals surface area contributed by atoms with Crippen molar-refractivity contribution in [1.82, 2.24) is 5.32 Å². The number of benzene rings is 3. The summed E-state index contributed by atoms with van der Waals surface area (Å²) in [7, 11) is 3.74. The van der Waals surface area contributed by atoms with Crippen molar-refractivity contribution >= 4 is 5.91 Å². The third kappa shape index (κ3) is 5.69. The summed E-state index contributed by atoms with van der Waals surface area (Å²) in [6, 6.07) is 28.8. The molecule has 0 aliphatic carbocycles. The Morgan fingerprint density at radius 1 is 0.897 bits per heavy atom. The molecule has 1 atom stereocenters. The molecule has 150 valence electrons. The molecule has 0 aliphatic rings. The van der Waals surface area contributed by atoms with E-state index in [-0.39, 0.29) is 11.9 Å². The number of ether oxygens (including phenoxy) is 1. The predicted molar refractivity (Wildman–Crippen MR) is 116 cm³/mol. The molecule has 0 bridgehead atoms. The van der Waals surface area contributed by atoms with Gasteiger partial charge in [-0.15, -0.1) is 0 Å². The van der Waals surface area contributed by atoms with Crippen molar-refractivity contribution in [2.45, 2.75) is 12.5 Å². The average molecular weight is 390 g/mol. The average Bonchev–Trinajstić information content (AvgIpc) is 2.76. The van der Waals surface area contributed by atoms with Gasteiger partial charge in [-0.05, 0) is 18.1 Å². The number of amides is 1. The van der Waals surface area contributed by atoms with Gasteiger partial charge in [0.25, 0.3) is 5.91 Å². The zero-order chi connectivity index (χ0) is 20.5. The van der Waals surface area contributed by atoms with E-state index in [1.165, 1.54) is 11.1 Å². The molecular weight excluding hydrogens is 360 g/mol. The molecule has 0 aliphatic heterocycles. The van der Waals surface area contributed by atoms with Crippen LogP contribution in [-0.4, -0.2) is 33.2 Å². The first-order chi connectivity index (χ1) is 14.2. The van der Waals surface area contributed by atoms with E-state index in [0.29, 0.717) is 13.1 Å². The topological polar surface area (TPSA) is 42.8 Å². The van der Waals surface area contributed by atoms with Gasteiger partial charge in [0.15, 0.2) is 6.54 Å². The highest BCUT2D eigenvalue weighted by atomic mass is 16.5. The minimum atomic E-state index is 0.0502. The van der Waals surface area contributed by atoms with Crippen LogP contribution in [-0.2, 0) is 11.2 Å². The Bertz CT molecular complexity index is 857. The van der Waals surface area contributed by atoms with Crippen molar-refractivity contribution in [3.05, 3.63) is 102 Å². The summed E-state index contributed by atoms with van der Waals surface area (Å²) in [6.45, 7) is 0.994. The molecule has 0 heterocycles. The van der Waals surface area contributed by atoms with Gasteiger partial charge in [0.1, 0.15) is 11.8 Å². The number of hydrogen-bond donors (Lipinski definition) is 2. The summed E-state index contributed by atoms with van der Waals surface area (Å²) in [5.41, 5.74) is 3.51. The normalized spacial score (nSPS) is 11.8. The molecule has 0 radical (unpaired) electrons. The molecule has 2 N–H and O–H groups in total. The molecule has 0 spiro atoms. The van der Waals surface area contributed by atoms with Gasteiger partial charge in [0, 0.05) is 17.7 Å². The number of likely N-dealkylation sites (N-methyl/N-ethyl adjacent to an activating group) is 1. The van der Waals surface area contributed by atoms with Crippen LogP contribution in [0.3, 0.4) is 0 Å². The van der Waals surface area contributed by atoms with Gasteiger partial charge in [0.2, 0.25) is 0 Å². The molecule has 3 aromatic carbocycles. The maximum Gasteiger partial charge on any atom is 0.275 e. The Labute approximate surface area is 173 Å². The number of hydrogen-bond acceptors (Lipinski definition) is 2. The molecule has 3 rings (SSSR count). The number of quaternary nitrogens is 1. The van der Waals surface area contributed by atoms with Crippen LogP contribution in [0.2, 0.25) is 0 Å². The fourth-order valence-corrected chi connectivity index (χ4v) is 3.72. The van der Waals surface area contributed by atoms with Crippen molar-refractivity contribution in [3.63, 3.8) is 0 Å². The molecule has 0 aromatic heterocycles. The largest absolute Gasteiger partial charge is 0.496 e. The first-order valence-electron chi connectivity index (χ1n) is 10.00. The lowest BCUT2D eigenvalue weighted by Crippen LogP contribution is -3.10. The van der Waals surface area contributed by atoms with Gasteiger partial charge in [0.05, 0.1) is 14.2 Å². The van der Waals surface area contributed by atoms with Crippen molar-refractivity contribution in [3.8, 4) is 5.75 Å². The minimum absolute atomic E-state index is 0.0502. The van der Waals surface area contributed by atoms with Crippen LogP contribution in [0.1, 0.15) is 22.7 Å². The highest BCUT2D eigenvalue weighted by molar-refractivity contribution is 5.76. The number of methoxy groups -OCH3 is 1. The summed E-state index contributed by atoms with van der Waals surface area (Å²) >= 11 is 0. The fourth-order valence-electron chi connectivity index (χ4n) is 3.72. The van der Waals surface area contributed by atoms with Crippen LogP contribution in [0.25, 0.3) is 0 Å². The van der Waals surface area contributed by atoms with Crippen LogP contribution < -0.4 is 15.0 Å². The number of carbonyl (C=O) groups is 1. The molecule has 0 fully saturated rings. The van der Waals surface area contributed by atoms with E-state index in [2.05, 4.69) is 36.6 Å². The standard InChI is InChI=1S/C25H28N2O2/c1-27(19-24(28)26-18-17-20-11-9-10-16-23(20)29-2)25(21-12-5-3-6-13-21)22-14-7-4-8-15-22/h3-16,25H,17-19H2,1-2H3,(H,26,28)/p+1. The zero-order valence-electron chi connectivity index (χ0n) is 17.1. The van der Waals surface area contributed by atoms with Gasteiger partial charge in [-0.3, -0.25) is 4.79 Å². The zero-order valence-corrected chi connectivity index (χ0v) is 17.1. The highest BCUT2D eigenvalue weighted by Gasteiger charge is 2.24. The van der Waals surface area contributed by atoms with Gasteiger partial charge < -0.3 is 15.0 Å². The van der Waals surface area contributed by atoms with Gasteiger partial charge in [-0.2, -0.15) is 0 Å². The first kappa shape index (κ1) is 20.6.